The molecule has 0 saturated heterocycles. The molecule has 0 fully saturated rings. The lowest BCUT2D eigenvalue weighted by Crippen LogP contribution is -2.15. The van der Waals surface area contributed by atoms with E-state index in [1.54, 1.807) is 18.4 Å². The highest BCUT2D eigenvalue weighted by Crippen LogP contribution is 2.33. The van der Waals surface area contributed by atoms with Gasteiger partial charge in [0.1, 0.15) is 23.3 Å². The van der Waals surface area contributed by atoms with Crippen LogP contribution >= 0.6 is 11.3 Å². The highest BCUT2D eigenvalue weighted by atomic mass is 32.1. The summed E-state index contributed by atoms with van der Waals surface area (Å²) in [4.78, 5) is 25.4. The van der Waals surface area contributed by atoms with Gasteiger partial charge in [0.25, 0.3) is 5.91 Å². The van der Waals surface area contributed by atoms with Crippen LogP contribution in [0.1, 0.15) is 35.9 Å². The van der Waals surface area contributed by atoms with E-state index in [0.29, 0.717) is 11.7 Å². The van der Waals surface area contributed by atoms with Crippen LogP contribution in [0.4, 0.5) is 5.82 Å². The lowest BCUT2D eigenvalue weighted by molar-refractivity contribution is 0.101. The molecule has 3 rings (SSSR count). The van der Waals surface area contributed by atoms with Crippen molar-refractivity contribution in [2.24, 2.45) is 7.05 Å². The minimum atomic E-state index is -0.378. The molecule has 0 spiro atoms. The molecule has 1 N–H and O–H groups in total. The molecule has 7 nitrogen and oxygen atoms in total. The van der Waals surface area contributed by atoms with E-state index in [2.05, 4.69) is 44.6 Å². The number of nitrogens with one attached hydrogen (secondary N) is 1. The predicted molar refractivity (Wildman–Crippen MR) is 80.5 cm³/mol. The van der Waals surface area contributed by atoms with Crippen molar-refractivity contribution in [1.29, 1.82) is 0 Å². The second-order valence-corrected chi connectivity index (χ2v) is 5.80. The number of nitrogens with zero attached hydrogens (tertiary/aromatic N) is 5. The molecule has 1 amide bonds. The monoisotopic (exact) mass is 302 g/mol. The standard InChI is InChI=1S/C13H14N6OS/c1-7(2)8-4-21-13-9(8)10(14-5-15-13)17-12(20)11-16-6-19(3)18-11/h4-7H,1-3H3,(H,14,15,17,20). The first-order valence-electron chi connectivity index (χ1n) is 6.45. The third-order valence-electron chi connectivity index (χ3n) is 3.06. The van der Waals surface area contributed by atoms with E-state index in [-0.39, 0.29) is 11.7 Å². The van der Waals surface area contributed by atoms with Gasteiger partial charge in [-0.3, -0.25) is 9.48 Å². The third kappa shape index (κ3) is 2.49. The number of carbonyl (C=O) groups is 1. The average molecular weight is 302 g/mol. The number of anilines is 1. The third-order valence-corrected chi connectivity index (χ3v) is 3.96. The first-order valence-corrected chi connectivity index (χ1v) is 7.33. The Morgan fingerprint density at radius 3 is 2.81 bits per heavy atom. The van der Waals surface area contributed by atoms with E-state index >= 15 is 0 Å². The summed E-state index contributed by atoms with van der Waals surface area (Å²) in [6, 6.07) is 0. The van der Waals surface area contributed by atoms with Crippen LogP contribution in [0, 0.1) is 0 Å². The molecule has 21 heavy (non-hydrogen) atoms. The summed E-state index contributed by atoms with van der Waals surface area (Å²) in [6.07, 6.45) is 2.93. The second kappa shape index (κ2) is 5.21. The molecule has 0 saturated carbocycles. The summed E-state index contributed by atoms with van der Waals surface area (Å²) in [5.74, 6) is 0.567. The van der Waals surface area contributed by atoms with Gasteiger partial charge >= 0.3 is 0 Å². The van der Waals surface area contributed by atoms with E-state index < -0.39 is 0 Å². The molecule has 0 aliphatic rings. The van der Waals surface area contributed by atoms with Gasteiger partial charge in [0.15, 0.2) is 0 Å². The number of rotatable bonds is 3. The lowest BCUT2D eigenvalue weighted by Gasteiger charge is -2.07. The Labute approximate surface area is 125 Å². The van der Waals surface area contributed by atoms with Crippen molar-refractivity contribution < 1.29 is 4.79 Å². The fraction of sp³-hybridized carbons (Fsp3) is 0.308. The first-order chi connectivity index (χ1) is 10.1. The molecule has 8 heteroatoms. The molecule has 108 valence electrons. The van der Waals surface area contributed by atoms with E-state index in [1.165, 1.54) is 17.3 Å². The van der Waals surface area contributed by atoms with Crippen molar-refractivity contribution in [2.75, 3.05) is 5.32 Å². The van der Waals surface area contributed by atoms with Gasteiger partial charge < -0.3 is 5.32 Å². The van der Waals surface area contributed by atoms with Gasteiger partial charge in [-0.2, -0.15) is 0 Å². The number of fused-ring (bicyclic) bond motifs is 1. The van der Waals surface area contributed by atoms with Crippen LogP contribution < -0.4 is 5.32 Å². The van der Waals surface area contributed by atoms with Crippen LogP contribution in [0.3, 0.4) is 0 Å². The largest absolute Gasteiger partial charge is 0.303 e. The first kappa shape index (κ1) is 13.6. The predicted octanol–water partition coefficient (Wildman–Crippen LogP) is 2.20. The van der Waals surface area contributed by atoms with Crippen LogP contribution in [-0.2, 0) is 7.05 Å². The molecular weight excluding hydrogens is 288 g/mol. The van der Waals surface area contributed by atoms with Crippen molar-refractivity contribution in [2.45, 2.75) is 19.8 Å². The van der Waals surface area contributed by atoms with Gasteiger partial charge in [-0.05, 0) is 16.9 Å². The van der Waals surface area contributed by atoms with Crippen LogP contribution in [-0.4, -0.2) is 30.6 Å². The summed E-state index contributed by atoms with van der Waals surface area (Å²) in [5.41, 5.74) is 1.12. The number of hydrogen-bond acceptors (Lipinski definition) is 6. The number of aromatic nitrogens is 5. The molecule has 3 aromatic heterocycles. The van der Waals surface area contributed by atoms with Crippen LogP contribution in [0.25, 0.3) is 10.2 Å². The van der Waals surface area contributed by atoms with Gasteiger partial charge in [0.2, 0.25) is 5.82 Å². The van der Waals surface area contributed by atoms with Crippen molar-refractivity contribution in [3.05, 3.63) is 29.4 Å². The minimum absolute atomic E-state index is 0.116. The molecule has 0 aliphatic heterocycles. The Morgan fingerprint density at radius 1 is 1.33 bits per heavy atom. The normalized spacial score (nSPS) is 11.2. The molecule has 0 bridgehead atoms. The van der Waals surface area contributed by atoms with Gasteiger partial charge in [-0.25, -0.2) is 15.0 Å². The number of amides is 1. The topological polar surface area (TPSA) is 85.6 Å². The fourth-order valence-corrected chi connectivity index (χ4v) is 3.09. The maximum absolute atomic E-state index is 12.2. The zero-order chi connectivity index (χ0) is 15.0. The van der Waals surface area contributed by atoms with Crippen LogP contribution in [0.5, 0.6) is 0 Å². The number of carbonyl (C=O) groups excluding carboxylic acids is 1. The Morgan fingerprint density at radius 2 is 2.14 bits per heavy atom. The lowest BCUT2D eigenvalue weighted by atomic mass is 10.0. The zero-order valence-electron chi connectivity index (χ0n) is 11.9. The molecule has 0 unspecified atom stereocenters. The number of hydrogen-bond donors (Lipinski definition) is 1. The zero-order valence-corrected chi connectivity index (χ0v) is 12.7. The maximum atomic E-state index is 12.2. The van der Waals surface area contributed by atoms with Gasteiger partial charge in [0, 0.05) is 7.05 Å². The van der Waals surface area contributed by atoms with Crippen molar-refractivity contribution in [3.63, 3.8) is 0 Å². The van der Waals surface area contributed by atoms with E-state index in [9.17, 15) is 4.79 Å². The molecule has 0 aromatic carbocycles. The maximum Gasteiger partial charge on any atom is 0.296 e. The fourth-order valence-electron chi connectivity index (χ4n) is 2.02. The van der Waals surface area contributed by atoms with E-state index in [4.69, 9.17) is 0 Å². The minimum Gasteiger partial charge on any atom is -0.303 e. The summed E-state index contributed by atoms with van der Waals surface area (Å²) < 4.78 is 1.48. The van der Waals surface area contributed by atoms with E-state index in [0.717, 1.165) is 15.8 Å². The summed E-state index contributed by atoms with van der Waals surface area (Å²) in [5, 5.41) is 9.70. The van der Waals surface area contributed by atoms with Crippen LogP contribution in [0.15, 0.2) is 18.0 Å². The van der Waals surface area contributed by atoms with Gasteiger partial charge in [-0.1, -0.05) is 13.8 Å². The average Bonchev–Trinajstić information content (AvgIpc) is 3.05. The molecule has 0 aliphatic carbocycles. The quantitative estimate of drug-likeness (QED) is 0.801. The van der Waals surface area contributed by atoms with Crippen molar-refractivity contribution >= 4 is 33.3 Å². The molecule has 0 radical (unpaired) electrons. The molecular formula is C13H14N6OS. The smallest absolute Gasteiger partial charge is 0.296 e. The second-order valence-electron chi connectivity index (χ2n) is 4.94. The Bertz CT molecular complexity index is 806. The number of thiophene rings is 1. The number of aryl methyl sites for hydroxylation is 1. The summed E-state index contributed by atoms with van der Waals surface area (Å²) in [7, 11) is 1.71. The Kier molecular flexibility index (Phi) is 3.38. The molecule has 3 aromatic rings. The van der Waals surface area contributed by atoms with Crippen molar-refractivity contribution in [1.82, 2.24) is 24.7 Å². The van der Waals surface area contributed by atoms with Crippen LogP contribution in [0.2, 0.25) is 0 Å². The Balaban J connectivity index is 2.00. The highest BCUT2D eigenvalue weighted by molar-refractivity contribution is 7.17. The summed E-state index contributed by atoms with van der Waals surface area (Å²) >= 11 is 1.55. The SMILES string of the molecule is CC(C)c1csc2ncnc(NC(=O)c3ncn(C)n3)c12. The van der Waals surface area contributed by atoms with Gasteiger partial charge in [0.05, 0.1) is 5.39 Å². The van der Waals surface area contributed by atoms with Crippen molar-refractivity contribution in [3.8, 4) is 0 Å². The molecule has 3 heterocycles. The van der Waals surface area contributed by atoms with E-state index in [1.807, 2.05) is 0 Å². The Hall–Kier alpha value is -2.35. The summed E-state index contributed by atoms with van der Waals surface area (Å²) in [6.45, 7) is 4.20. The highest BCUT2D eigenvalue weighted by Gasteiger charge is 2.17. The molecule has 0 atom stereocenters. The van der Waals surface area contributed by atoms with Gasteiger partial charge in [-0.15, -0.1) is 16.4 Å².